The summed E-state index contributed by atoms with van der Waals surface area (Å²) in [5.41, 5.74) is 5.29. The molecule has 0 spiro atoms. The van der Waals surface area contributed by atoms with Crippen molar-refractivity contribution in [3.05, 3.63) is 17.5 Å². The van der Waals surface area contributed by atoms with Gasteiger partial charge in [-0.15, -0.1) is 0 Å². The van der Waals surface area contributed by atoms with Gasteiger partial charge in [0.15, 0.2) is 5.54 Å². The van der Waals surface area contributed by atoms with Gasteiger partial charge in [0.25, 0.3) is 5.91 Å². The molecule has 4 N–H and O–H groups in total. The van der Waals surface area contributed by atoms with Crippen LogP contribution in [0.4, 0.5) is 4.79 Å². The van der Waals surface area contributed by atoms with Crippen molar-refractivity contribution in [3.63, 3.8) is 0 Å². The Balaban J connectivity index is 2.51. The summed E-state index contributed by atoms with van der Waals surface area (Å²) in [6, 6.07) is -0.564. The second-order valence-corrected chi connectivity index (χ2v) is 3.33. The molecule has 7 heteroatoms. The number of nitrogens with zero attached hydrogens (tertiary/aromatic N) is 1. The number of amides is 3. The molecular weight excluding hydrogens is 200 g/mol. The molecule has 0 aliphatic carbocycles. The highest BCUT2D eigenvalue weighted by Gasteiger charge is 2.48. The number of hydrogen-bond acceptors (Lipinski definition) is 5. The minimum atomic E-state index is -1.25. The lowest BCUT2D eigenvalue weighted by atomic mass is 9.91. The Morgan fingerprint density at radius 3 is 2.73 bits per heavy atom. The number of nitrogens with one attached hydrogen (secondary N) is 2. The summed E-state index contributed by atoms with van der Waals surface area (Å²) >= 11 is 0. The number of imide groups is 1. The largest absolute Gasteiger partial charge is 0.364 e. The minimum absolute atomic E-state index is 0.0490. The zero-order chi connectivity index (χ0) is 11.1. The fourth-order valence-electron chi connectivity index (χ4n) is 1.64. The maximum Gasteiger partial charge on any atom is 0.322 e. The first-order chi connectivity index (χ1) is 7.10. The standard InChI is InChI=1S/C8H10N4O3/c1-4-5(2-15-12-4)8(3-9)6(13)10-7(14)11-8/h2H,3,9H2,1H3,(H2,10,11,13,14). The van der Waals surface area contributed by atoms with Gasteiger partial charge in [-0.3, -0.25) is 10.1 Å². The van der Waals surface area contributed by atoms with Crippen LogP contribution in [0.25, 0.3) is 0 Å². The molecule has 1 aliphatic rings. The lowest BCUT2D eigenvalue weighted by molar-refractivity contribution is -0.124. The van der Waals surface area contributed by atoms with Crippen molar-refractivity contribution in [1.82, 2.24) is 15.8 Å². The molecule has 7 nitrogen and oxygen atoms in total. The number of carbonyl (C=O) groups excluding carboxylic acids is 2. The Bertz CT molecular complexity index is 427. The number of urea groups is 1. The van der Waals surface area contributed by atoms with Gasteiger partial charge in [-0.25, -0.2) is 4.79 Å². The zero-order valence-corrected chi connectivity index (χ0v) is 8.03. The molecular formula is C8H10N4O3. The van der Waals surface area contributed by atoms with Crippen molar-refractivity contribution in [2.75, 3.05) is 6.54 Å². The van der Waals surface area contributed by atoms with Gasteiger partial charge in [0.2, 0.25) is 0 Å². The lowest BCUT2D eigenvalue weighted by Crippen LogP contribution is -2.50. The summed E-state index contributed by atoms with van der Waals surface area (Å²) in [6.45, 7) is 1.63. The Morgan fingerprint density at radius 2 is 2.33 bits per heavy atom. The van der Waals surface area contributed by atoms with Crippen molar-refractivity contribution in [1.29, 1.82) is 0 Å². The fourth-order valence-corrected chi connectivity index (χ4v) is 1.64. The van der Waals surface area contributed by atoms with Crippen LogP contribution in [0.1, 0.15) is 11.3 Å². The van der Waals surface area contributed by atoms with E-state index in [-0.39, 0.29) is 6.54 Å². The summed E-state index contributed by atoms with van der Waals surface area (Å²) in [5, 5.41) is 8.27. The van der Waals surface area contributed by atoms with E-state index in [1.54, 1.807) is 6.92 Å². The average Bonchev–Trinajstić information content (AvgIpc) is 2.71. The van der Waals surface area contributed by atoms with E-state index >= 15 is 0 Å². The van der Waals surface area contributed by atoms with E-state index in [0.29, 0.717) is 11.3 Å². The molecule has 0 radical (unpaired) electrons. The Morgan fingerprint density at radius 1 is 1.60 bits per heavy atom. The number of nitrogens with two attached hydrogens (primary N) is 1. The summed E-state index contributed by atoms with van der Waals surface area (Å²) < 4.78 is 4.73. The zero-order valence-electron chi connectivity index (χ0n) is 8.03. The van der Waals surface area contributed by atoms with Crippen LogP contribution in [0.3, 0.4) is 0 Å². The van der Waals surface area contributed by atoms with E-state index in [9.17, 15) is 9.59 Å². The molecule has 15 heavy (non-hydrogen) atoms. The lowest BCUT2D eigenvalue weighted by Gasteiger charge is -2.22. The van der Waals surface area contributed by atoms with Crippen molar-refractivity contribution in [3.8, 4) is 0 Å². The predicted molar refractivity (Wildman–Crippen MR) is 48.6 cm³/mol. The smallest absolute Gasteiger partial charge is 0.322 e. The van der Waals surface area contributed by atoms with Crippen LogP contribution in [0.15, 0.2) is 10.8 Å². The predicted octanol–water partition coefficient (Wildman–Crippen LogP) is -1.02. The molecule has 1 aromatic heterocycles. The van der Waals surface area contributed by atoms with Gasteiger partial charge in [-0.1, -0.05) is 5.16 Å². The second kappa shape index (κ2) is 3.06. The third kappa shape index (κ3) is 1.20. The van der Waals surface area contributed by atoms with Crippen LogP contribution in [-0.2, 0) is 10.3 Å². The number of carbonyl (C=O) groups is 2. The van der Waals surface area contributed by atoms with Crippen LogP contribution < -0.4 is 16.4 Å². The first-order valence-corrected chi connectivity index (χ1v) is 4.35. The quantitative estimate of drug-likeness (QED) is 0.541. The number of hydrogen-bond donors (Lipinski definition) is 3. The van der Waals surface area contributed by atoms with Crippen LogP contribution in [-0.4, -0.2) is 23.6 Å². The highest BCUT2D eigenvalue weighted by Crippen LogP contribution is 2.25. The molecule has 1 fully saturated rings. The molecule has 1 saturated heterocycles. The maximum absolute atomic E-state index is 11.6. The SMILES string of the molecule is Cc1nocc1C1(CN)NC(=O)NC1=O. The molecule has 1 aromatic rings. The molecule has 0 saturated carbocycles. The number of rotatable bonds is 2. The van der Waals surface area contributed by atoms with Gasteiger partial charge in [-0.2, -0.15) is 0 Å². The molecule has 0 aromatic carbocycles. The van der Waals surface area contributed by atoms with Crippen LogP contribution >= 0.6 is 0 Å². The molecule has 3 amide bonds. The summed E-state index contributed by atoms with van der Waals surface area (Å²) in [7, 11) is 0. The molecule has 1 atom stereocenters. The van der Waals surface area contributed by atoms with Crippen LogP contribution in [0.5, 0.6) is 0 Å². The third-order valence-electron chi connectivity index (χ3n) is 2.46. The van der Waals surface area contributed by atoms with Gasteiger partial charge in [0, 0.05) is 6.54 Å². The monoisotopic (exact) mass is 210 g/mol. The normalized spacial score (nSPS) is 25.2. The van der Waals surface area contributed by atoms with Crippen molar-refractivity contribution in [2.45, 2.75) is 12.5 Å². The highest BCUT2D eigenvalue weighted by molar-refractivity contribution is 6.07. The highest BCUT2D eigenvalue weighted by atomic mass is 16.5. The van der Waals surface area contributed by atoms with E-state index in [1.807, 2.05) is 0 Å². The first-order valence-electron chi connectivity index (χ1n) is 4.35. The van der Waals surface area contributed by atoms with Crippen molar-refractivity contribution >= 4 is 11.9 Å². The maximum atomic E-state index is 11.6. The van der Waals surface area contributed by atoms with Crippen LogP contribution in [0.2, 0.25) is 0 Å². The Kier molecular flexibility index (Phi) is 1.97. The molecule has 1 unspecified atom stereocenters. The van der Waals surface area contributed by atoms with Gasteiger partial charge in [0.1, 0.15) is 6.26 Å². The molecule has 1 aliphatic heterocycles. The topological polar surface area (TPSA) is 110 Å². The van der Waals surface area contributed by atoms with E-state index in [2.05, 4.69) is 15.8 Å². The molecule has 80 valence electrons. The molecule has 2 rings (SSSR count). The van der Waals surface area contributed by atoms with Gasteiger partial charge >= 0.3 is 6.03 Å². The average molecular weight is 210 g/mol. The van der Waals surface area contributed by atoms with E-state index in [1.165, 1.54) is 6.26 Å². The number of aryl methyl sites for hydroxylation is 1. The van der Waals surface area contributed by atoms with Gasteiger partial charge in [0.05, 0.1) is 11.3 Å². The van der Waals surface area contributed by atoms with E-state index in [0.717, 1.165) is 0 Å². The Labute approximate surface area is 85.0 Å². The van der Waals surface area contributed by atoms with Crippen molar-refractivity contribution in [2.24, 2.45) is 5.73 Å². The minimum Gasteiger partial charge on any atom is -0.364 e. The summed E-state index contributed by atoms with van der Waals surface area (Å²) in [6.07, 6.45) is 1.31. The fraction of sp³-hybridized carbons (Fsp3) is 0.375. The third-order valence-corrected chi connectivity index (χ3v) is 2.46. The summed E-state index contributed by atoms with van der Waals surface area (Å²) in [4.78, 5) is 22.7. The molecule has 0 bridgehead atoms. The van der Waals surface area contributed by atoms with Gasteiger partial charge < -0.3 is 15.6 Å². The Hall–Kier alpha value is -1.89. The summed E-state index contributed by atoms with van der Waals surface area (Å²) in [5.74, 6) is -0.485. The second-order valence-electron chi connectivity index (χ2n) is 3.33. The first kappa shape index (κ1) is 9.66. The van der Waals surface area contributed by atoms with Crippen molar-refractivity contribution < 1.29 is 14.1 Å². The van der Waals surface area contributed by atoms with Gasteiger partial charge in [-0.05, 0) is 6.92 Å². The van der Waals surface area contributed by atoms with E-state index < -0.39 is 17.5 Å². The molecule has 2 heterocycles. The van der Waals surface area contributed by atoms with Crippen LogP contribution in [0, 0.1) is 6.92 Å². The number of aromatic nitrogens is 1. The van der Waals surface area contributed by atoms with E-state index in [4.69, 9.17) is 10.3 Å².